The molecular weight excluding hydrogens is 387 g/mol. The standard InChI is InChI=1S/C20H22F3N3O3/c1-27-15-9-13-3-8-29-19(14(13)10-16(15)28-2)4-6-26(7-5-19)18-11-17(20(21,22)23)24-12-25-18/h9-12H,3-8H2,1-2H3. The Kier molecular flexibility index (Phi) is 5.02. The number of aromatic nitrogens is 2. The quantitative estimate of drug-likeness (QED) is 0.773. The summed E-state index contributed by atoms with van der Waals surface area (Å²) >= 11 is 0. The largest absolute Gasteiger partial charge is 0.493 e. The Morgan fingerprint density at radius 1 is 1.03 bits per heavy atom. The average Bonchev–Trinajstić information content (AvgIpc) is 2.73. The Balaban J connectivity index is 1.59. The van der Waals surface area contributed by atoms with E-state index in [-0.39, 0.29) is 5.82 Å². The molecule has 156 valence electrons. The highest BCUT2D eigenvalue weighted by atomic mass is 19.4. The Morgan fingerprint density at radius 3 is 2.38 bits per heavy atom. The molecule has 0 saturated carbocycles. The minimum Gasteiger partial charge on any atom is -0.493 e. The fourth-order valence-corrected chi connectivity index (χ4v) is 4.17. The van der Waals surface area contributed by atoms with Gasteiger partial charge in [-0.1, -0.05) is 0 Å². The SMILES string of the molecule is COc1cc2c(cc1OC)C1(CCN(c3cc(C(F)(F)F)ncn3)CC1)OCC2. The van der Waals surface area contributed by atoms with E-state index in [1.54, 1.807) is 14.2 Å². The minimum atomic E-state index is -4.49. The lowest BCUT2D eigenvalue weighted by Crippen LogP contribution is -2.47. The molecule has 2 aliphatic heterocycles. The van der Waals surface area contributed by atoms with Crippen molar-refractivity contribution >= 4 is 5.82 Å². The van der Waals surface area contributed by atoms with E-state index in [1.807, 2.05) is 17.0 Å². The number of hydrogen-bond acceptors (Lipinski definition) is 6. The molecule has 1 fully saturated rings. The van der Waals surface area contributed by atoms with Gasteiger partial charge in [0.1, 0.15) is 17.8 Å². The summed E-state index contributed by atoms with van der Waals surface area (Å²) in [7, 11) is 3.20. The highest BCUT2D eigenvalue weighted by molar-refractivity contribution is 5.51. The van der Waals surface area contributed by atoms with Crippen molar-refractivity contribution in [3.63, 3.8) is 0 Å². The number of fused-ring (bicyclic) bond motifs is 2. The van der Waals surface area contributed by atoms with Crippen molar-refractivity contribution in [2.45, 2.75) is 31.0 Å². The van der Waals surface area contributed by atoms with Gasteiger partial charge in [-0.05, 0) is 42.5 Å². The second-order valence-electron chi connectivity index (χ2n) is 7.20. The smallest absolute Gasteiger partial charge is 0.433 e. The van der Waals surface area contributed by atoms with Crippen LogP contribution in [0.4, 0.5) is 19.0 Å². The van der Waals surface area contributed by atoms with Crippen molar-refractivity contribution in [2.24, 2.45) is 0 Å². The van der Waals surface area contributed by atoms with E-state index < -0.39 is 17.5 Å². The zero-order chi connectivity index (χ0) is 20.6. The maximum atomic E-state index is 13.0. The number of alkyl halides is 3. The third kappa shape index (κ3) is 3.59. The van der Waals surface area contributed by atoms with Crippen LogP contribution in [0.2, 0.25) is 0 Å². The number of anilines is 1. The molecule has 4 rings (SSSR count). The van der Waals surface area contributed by atoms with Crippen LogP contribution in [0.5, 0.6) is 11.5 Å². The summed E-state index contributed by atoms with van der Waals surface area (Å²) in [6.45, 7) is 1.65. The lowest BCUT2D eigenvalue weighted by atomic mass is 9.79. The number of halogens is 3. The van der Waals surface area contributed by atoms with Crippen LogP contribution in [0.25, 0.3) is 0 Å². The first-order chi connectivity index (χ1) is 13.9. The van der Waals surface area contributed by atoms with Crippen LogP contribution in [0.3, 0.4) is 0 Å². The number of nitrogens with zero attached hydrogens (tertiary/aromatic N) is 3. The first-order valence-electron chi connectivity index (χ1n) is 9.40. The predicted octanol–water partition coefficient (Wildman–Crippen LogP) is 3.58. The zero-order valence-corrected chi connectivity index (χ0v) is 16.3. The van der Waals surface area contributed by atoms with Gasteiger partial charge in [-0.2, -0.15) is 13.2 Å². The molecule has 1 saturated heterocycles. The maximum Gasteiger partial charge on any atom is 0.433 e. The summed E-state index contributed by atoms with van der Waals surface area (Å²) in [6.07, 6.45) is -1.47. The molecular formula is C20H22F3N3O3. The van der Waals surface area contributed by atoms with Crippen LogP contribution in [0.1, 0.15) is 29.7 Å². The van der Waals surface area contributed by atoms with E-state index in [0.717, 1.165) is 29.9 Å². The zero-order valence-electron chi connectivity index (χ0n) is 16.3. The number of ether oxygens (including phenoxy) is 3. The molecule has 0 bridgehead atoms. The number of rotatable bonds is 3. The van der Waals surface area contributed by atoms with E-state index in [0.29, 0.717) is 44.0 Å². The van der Waals surface area contributed by atoms with E-state index >= 15 is 0 Å². The Hall–Kier alpha value is -2.55. The van der Waals surface area contributed by atoms with Crippen molar-refractivity contribution in [3.8, 4) is 11.5 Å². The number of methoxy groups -OCH3 is 2. The van der Waals surface area contributed by atoms with Crippen LogP contribution in [-0.4, -0.2) is 43.9 Å². The molecule has 0 radical (unpaired) electrons. The first-order valence-corrected chi connectivity index (χ1v) is 9.40. The molecule has 3 heterocycles. The molecule has 0 N–H and O–H groups in total. The van der Waals surface area contributed by atoms with Gasteiger partial charge < -0.3 is 19.1 Å². The lowest BCUT2D eigenvalue weighted by Gasteiger charge is -2.45. The van der Waals surface area contributed by atoms with Crippen molar-refractivity contribution in [2.75, 3.05) is 38.8 Å². The van der Waals surface area contributed by atoms with Gasteiger partial charge in [-0.3, -0.25) is 0 Å². The van der Waals surface area contributed by atoms with Gasteiger partial charge >= 0.3 is 6.18 Å². The second-order valence-corrected chi connectivity index (χ2v) is 7.20. The first kappa shape index (κ1) is 19.8. The summed E-state index contributed by atoms with van der Waals surface area (Å²) in [5, 5.41) is 0. The fourth-order valence-electron chi connectivity index (χ4n) is 4.17. The van der Waals surface area contributed by atoms with Gasteiger partial charge in [-0.25, -0.2) is 9.97 Å². The monoisotopic (exact) mass is 409 g/mol. The van der Waals surface area contributed by atoms with Crippen molar-refractivity contribution < 1.29 is 27.4 Å². The molecule has 6 nitrogen and oxygen atoms in total. The molecule has 0 unspecified atom stereocenters. The van der Waals surface area contributed by atoms with E-state index in [4.69, 9.17) is 14.2 Å². The third-order valence-electron chi connectivity index (χ3n) is 5.69. The maximum absolute atomic E-state index is 13.0. The van der Waals surface area contributed by atoms with Gasteiger partial charge in [0.2, 0.25) is 0 Å². The summed E-state index contributed by atoms with van der Waals surface area (Å²) < 4.78 is 56.0. The number of hydrogen-bond donors (Lipinski definition) is 0. The molecule has 1 spiro atoms. The third-order valence-corrected chi connectivity index (χ3v) is 5.69. The Bertz CT molecular complexity index is 896. The van der Waals surface area contributed by atoms with Gasteiger partial charge in [0, 0.05) is 19.2 Å². The molecule has 2 aromatic rings. The fraction of sp³-hybridized carbons (Fsp3) is 0.500. The Labute approximate surface area is 166 Å². The van der Waals surface area contributed by atoms with Gasteiger partial charge in [0.05, 0.1) is 26.4 Å². The number of benzene rings is 1. The summed E-state index contributed by atoms with van der Waals surface area (Å²) in [6, 6.07) is 4.96. The van der Waals surface area contributed by atoms with Crippen LogP contribution >= 0.6 is 0 Å². The van der Waals surface area contributed by atoms with Crippen molar-refractivity contribution in [1.29, 1.82) is 0 Å². The summed E-state index contributed by atoms with van der Waals surface area (Å²) in [4.78, 5) is 9.23. The minimum absolute atomic E-state index is 0.283. The van der Waals surface area contributed by atoms with Crippen molar-refractivity contribution in [3.05, 3.63) is 41.3 Å². The van der Waals surface area contributed by atoms with E-state index in [2.05, 4.69) is 9.97 Å². The lowest BCUT2D eigenvalue weighted by molar-refractivity contribution is -0.141. The highest BCUT2D eigenvalue weighted by Gasteiger charge is 2.42. The van der Waals surface area contributed by atoms with Crippen LogP contribution < -0.4 is 14.4 Å². The topological polar surface area (TPSA) is 56.7 Å². The van der Waals surface area contributed by atoms with Crippen molar-refractivity contribution in [1.82, 2.24) is 9.97 Å². The molecule has 0 aliphatic carbocycles. The predicted molar refractivity (Wildman–Crippen MR) is 99.4 cm³/mol. The number of piperidine rings is 1. The Morgan fingerprint density at radius 2 is 1.72 bits per heavy atom. The van der Waals surface area contributed by atoms with E-state index in [1.165, 1.54) is 0 Å². The molecule has 9 heteroatoms. The normalized spacial score (nSPS) is 18.4. The molecule has 29 heavy (non-hydrogen) atoms. The highest BCUT2D eigenvalue weighted by Crippen LogP contribution is 2.45. The molecule has 2 aliphatic rings. The molecule has 0 amide bonds. The molecule has 1 aromatic heterocycles. The molecule has 0 atom stereocenters. The van der Waals surface area contributed by atoms with E-state index in [9.17, 15) is 13.2 Å². The van der Waals surface area contributed by atoms with Gasteiger partial charge in [0.25, 0.3) is 0 Å². The average molecular weight is 409 g/mol. The summed E-state index contributed by atoms with van der Waals surface area (Å²) in [5.41, 5.74) is 0.811. The van der Waals surface area contributed by atoms with Crippen LogP contribution in [0, 0.1) is 0 Å². The van der Waals surface area contributed by atoms with Crippen LogP contribution in [-0.2, 0) is 22.9 Å². The van der Waals surface area contributed by atoms with Gasteiger partial charge in [-0.15, -0.1) is 0 Å². The van der Waals surface area contributed by atoms with Crippen LogP contribution in [0.15, 0.2) is 24.5 Å². The van der Waals surface area contributed by atoms with Gasteiger partial charge in [0.15, 0.2) is 11.5 Å². The second kappa shape index (κ2) is 7.37. The molecule has 1 aromatic carbocycles. The summed E-state index contributed by atoms with van der Waals surface area (Å²) in [5.74, 6) is 1.61.